The number of hydrogen-bond acceptors (Lipinski definition) is 4. The van der Waals surface area contributed by atoms with Crippen LogP contribution in [0.25, 0.3) is 10.2 Å². The van der Waals surface area contributed by atoms with Gasteiger partial charge in [0.1, 0.15) is 0 Å². The van der Waals surface area contributed by atoms with Gasteiger partial charge in [0.05, 0.1) is 20.8 Å². The summed E-state index contributed by atoms with van der Waals surface area (Å²) in [5, 5.41) is 1.14. The summed E-state index contributed by atoms with van der Waals surface area (Å²) in [5.74, 6) is -0.132. The number of fused-ring (bicyclic) bond motifs is 1. The van der Waals surface area contributed by atoms with E-state index >= 15 is 0 Å². The van der Waals surface area contributed by atoms with Crippen molar-refractivity contribution >= 4 is 60.1 Å². The predicted octanol–water partition coefficient (Wildman–Crippen LogP) is 5.70. The van der Waals surface area contributed by atoms with E-state index in [4.69, 9.17) is 16.6 Å². The number of hydrogen-bond donors (Lipinski definition) is 0. The van der Waals surface area contributed by atoms with Crippen molar-refractivity contribution in [3.63, 3.8) is 0 Å². The molecule has 0 bridgehead atoms. The van der Waals surface area contributed by atoms with Gasteiger partial charge >= 0.3 is 0 Å². The van der Waals surface area contributed by atoms with E-state index in [2.05, 4.69) is 34.7 Å². The molecule has 3 rings (SSSR count). The number of carbonyl (C=O) groups is 1. The molecule has 4 nitrogen and oxygen atoms in total. The highest BCUT2D eigenvalue weighted by Gasteiger charge is 2.23. The summed E-state index contributed by atoms with van der Waals surface area (Å²) < 4.78 is 1.89. The number of anilines is 1. The predicted molar refractivity (Wildman–Crippen MR) is 118 cm³/mol. The lowest BCUT2D eigenvalue weighted by Gasteiger charge is -2.25. The summed E-state index contributed by atoms with van der Waals surface area (Å²) in [6.45, 7) is 7.46. The number of nitrogens with zero attached hydrogens (tertiary/aromatic N) is 3. The number of likely N-dealkylation sites (N-methyl/N-ethyl adjacent to an activating group) is 1. The van der Waals surface area contributed by atoms with Crippen LogP contribution in [0.4, 0.5) is 5.13 Å². The Morgan fingerprint density at radius 1 is 1.15 bits per heavy atom. The third-order valence-corrected chi connectivity index (χ3v) is 6.33. The molecule has 0 saturated heterocycles. The van der Waals surface area contributed by atoms with Crippen LogP contribution in [0.15, 0.2) is 46.9 Å². The Morgan fingerprint density at radius 2 is 1.89 bits per heavy atom. The monoisotopic (exact) mass is 465 g/mol. The maximum Gasteiger partial charge on any atom is 0.261 e. The molecule has 0 unspecified atom stereocenters. The van der Waals surface area contributed by atoms with Crippen LogP contribution < -0.4 is 4.90 Å². The highest BCUT2D eigenvalue weighted by atomic mass is 79.9. The first-order valence-electron chi connectivity index (χ1n) is 8.88. The highest BCUT2D eigenvalue weighted by Crippen LogP contribution is 2.31. The van der Waals surface area contributed by atoms with Gasteiger partial charge in [0.2, 0.25) is 0 Å². The van der Waals surface area contributed by atoms with Crippen molar-refractivity contribution in [2.24, 2.45) is 0 Å². The van der Waals surface area contributed by atoms with E-state index in [1.807, 2.05) is 30.3 Å². The zero-order valence-corrected chi connectivity index (χ0v) is 18.4. The lowest BCUT2D eigenvalue weighted by atomic mass is 10.2. The van der Waals surface area contributed by atoms with Gasteiger partial charge in [-0.15, -0.1) is 0 Å². The van der Waals surface area contributed by atoms with Crippen LogP contribution in [-0.2, 0) is 0 Å². The molecule has 0 N–H and O–H groups in total. The summed E-state index contributed by atoms with van der Waals surface area (Å²) in [5.41, 5.74) is 1.38. The van der Waals surface area contributed by atoms with Gasteiger partial charge < -0.3 is 4.90 Å². The number of para-hydroxylation sites is 1. The van der Waals surface area contributed by atoms with Crippen molar-refractivity contribution < 1.29 is 4.79 Å². The van der Waals surface area contributed by atoms with Crippen molar-refractivity contribution in [1.82, 2.24) is 9.88 Å². The third-order valence-electron chi connectivity index (χ3n) is 4.45. The first-order chi connectivity index (χ1) is 13.0. The van der Waals surface area contributed by atoms with Crippen LogP contribution in [0.1, 0.15) is 24.2 Å². The number of aromatic nitrogens is 1. The second kappa shape index (κ2) is 9.15. The van der Waals surface area contributed by atoms with E-state index in [1.165, 1.54) is 11.3 Å². The van der Waals surface area contributed by atoms with E-state index in [0.29, 0.717) is 22.3 Å². The fourth-order valence-electron chi connectivity index (χ4n) is 2.85. The summed E-state index contributed by atoms with van der Waals surface area (Å²) in [7, 11) is 0. The van der Waals surface area contributed by atoms with Gasteiger partial charge in [-0.1, -0.05) is 64.8 Å². The van der Waals surface area contributed by atoms with E-state index in [1.54, 1.807) is 17.0 Å². The van der Waals surface area contributed by atoms with Gasteiger partial charge in [-0.3, -0.25) is 9.69 Å². The van der Waals surface area contributed by atoms with Gasteiger partial charge in [0, 0.05) is 17.6 Å². The van der Waals surface area contributed by atoms with E-state index < -0.39 is 0 Å². The molecule has 7 heteroatoms. The van der Waals surface area contributed by atoms with Gasteiger partial charge in [-0.2, -0.15) is 0 Å². The molecule has 1 amide bonds. The fourth-order valence-corrected chi connectivity index (χ4v) is 4.40. The number of thiazole rings is 1. The topological polar surface area (TPSA) is 36.4 Å². The molecular weight excluding hydrogens is 446 g/mol. The van der Waals surface area contributed by atoms with E-state index in [0.717, 1.165) is 34.3 Å². The lowest BCUT2D eigenvalue weighted by Crippen LogP contribution is -2.39. The zero-order chi connectivity index (χ0) is 19.4. The number of halogens is 2. The standard InChI is InChI=1S/C20H21BrClN3OS/c1-3-24(4-2)11-12-25(19(26)15-13-14(21)9-10-16(15)22)20-23-17-7-5-6-8-18(17)27-20/h5-10,13H,3-4,11-12H2,1-2H3. The van der Waals surface area contributed by atoms with Crippen LogP contribution in [0, 0.1) is 0 Å². The average Bonchev–Trinajstić information content (AvgIpc) is 3.10. The lowest BCUT2D eigenvalue weighted by molar-refractivity contribution is 0.0984. The molecule has 0 aliphatic rings. The summed E-state index contributed by atoms with van der Waals surface area (Å²) >= 11 is 11.3. The molecule has 142 valence electrons. The number of rotatable bonds is 7. The Hall–Kier alpha value is -1.47. The van der Waals surface area contributed by atoms with Gasteiger partial charge in [-0.25, -0.2) is 4.98 Å². The second-order valence-electron chi connectivity index (χ2n) is 6.07. The van der Waals surface area contributed by atoms with Crippen molar-refractivity contribution in [3.05, 3.63) is 57.5 Å². The molecule has 0 spiro atoms. The molecule has 0 aliphatic carbocycles. The van der Waals surface area contributed by atoms with Crippen LogP contribution in [0.5, 0.6) is 0 Å². The number of benzene rings is 2. The van der Waals surface area contributed by atoms with Crippen molar-refractivity contribution in [2.75, 3.05) is 31.1 Å². The molecule has 0 fully saturated rings. The minimum Gasteiger partial charge on any atom is -0.302 e. The van der Waals surface area contributed by atoms with Crippen LogP contribution >= 0.6 is 38.9 Å². The molecule has 0 radical (unpaired) electrons. The second-order valence-corrected chi connectivity index (χ2v) is 8.40. The Balaban J connectivity index is 1.98. The fraction of sp³-hybridized carbons (Fsp3) is 0.300. The Labute approximate surface area is 176 Å². The molecule has 3 aromatic rings. The molecule has 1 heterocycles. The normalized spacial score (nSPS) is 11.3. The summed E-state index contributed by atoms with van der Waals surface area (Å²) in [4.78, 5) is 22.1. The van der Waals surface area contributed by atoms with Crippen LogP contribution in [-0.4, -0.2) is 42.0 Å². The Bertz CT molecular complexity index is 909. The number of carbonyl (C=O) groups excluding carboxylic acids is 1. The Kier molecular flexibility index (Phi) is 6.87. The SMILES string of the molecule is CCN(CC)CCN(C(=O)c1cc(Br)ccc1Cl)c1nc2ccccc2s1. The maximum absolute atomic E-state index is 13.4. The van der Waals surface area contributed by atoms with Gasteiger partial charge in [0.25, 0.3) is 5.91 Å². The molecule has 2 aromatic carbocycles. The van der Waals surface area contributed by atoms with E-state index in [9.17, 15) is 4.79 Å². The quantitative estimate of drug-likeness (QED) is 0.448. The van der Waals surface area contributed by atoms with Crippen molar-refractivity contribution in [1.29, 1.82) is 0 Å². The molecule has 1 aromatic heterocycles. The zero-order valence-electron chi connectivity index (χ0n) is 15.3. The molecule has 0 saturated carbocycles. The Morgan fingerprint density at radius 3 is 2.59 bits per heavy atom. The first-order valence-corrected chi connectivity index (χ1v) is 10.9. The minimum atomic E-state index is -0.132. The minimum absolute atomic E-state index is 0.132. The van der Waals surface area contributed by atoms with Crippen LogP contribution in [0.3, 0.4) is 0 Å². The molecule has 27 heavy (non-hydrogen) atoms. The molecule has 0 atom stereocenters. The highest BCUT2D eigenvalue weighted by molar-refractivity contribution is 9.10. The number of amides is 1. The smallest absolute Gasteiger partial charge is 0.261 e. The summed E-state index contributed by atoms with van der Waals surface area (Å²) in [6.07, 6.45) is 0. The van der Waals surface area contributed by atoms with Crippen molar-refractivity contribution in [3.8, 4) is 0 Å². The maximum atomic E-state index is 13.4. The molecule has 0 aliphatic heterocycles. The van der Waals surface area contributed by atoms with Crippen LogP contribution in [0.2, 0.25) is 5.02 Å². The average molecular weight is 467 g/mol. The van der Waals surface area contributed by atoms with Gasteiger partial charge in [-0.05, 0) is 43.4 Å². The van der Waals surface area contributed by atoms with E-state index in [-0.39, 0.29) is 5.91 Å². The van der Waals surface area contributed by atoms with Crippen molar-refractivity contribution in [2.45, 2.75) is 13.8 Å². The first kappa shape index (κ1) is 20.3. The largest absolute Gasteiger partial charge is 0.302 e. The molecular formula is C20H21BrClN3OS. The third kappa shape index (κ3) is 4.69. The van der Waals surface area contributed by atoms with Gasteiger partial charge in [0.15, 0.2) is 5.13 Å². The summed E-state index contributed by atoms with van der Waals surface area (Å²) in [6, 6.07) is 13.3.